The predicted molar refractivity (Wildman–Crippen MR) is 46.3 cm³/mol. The third kappa shape index (κ3) is 5.43. The van der Waals surface area contributed by atoms with E-state index in [4.69, 9.17) is 5.73 Å². The first kappa shape index (κ1) is 11.8. The molecule has 2 nitrogen and oxygen atoms in total. The number of hydrogen-bond donors (Lipinski definition) is 1. The van der Waals surface area contributed by atoms with Gasteiger partial charge in [0, 0.05) is 6.54 Å². The Balaban J connectivity index is 3.75. The number of hydrogen-bond acceptors (Lipinski definition) is 2. The van der Waals surface area contributed by atoms with E-state index < -0.39 is 12.5 Å². The molecular formula is C8H18F2N2. The van der Waals surface area contributed by atoms with Crippen molar-refractivity contribution in [2.24, 2.45) is 11.7 Å². The van der Waals surface area contributed by atoms with E-state index in [9.17, 15) is 8.78 Å². The normalized spacial score (nSPS) is 13.0. The molecule has 0 heterocycles. The van der Waals surface area contributed by atoms with Crippen molar-refractivity contribution in [2.75, 3.05) is 26.7 Å². The molecule has 0 aromatic carbocycles. The Morgan fingerprint density at radius 3 is 2.25 bits per heavy atom. The molecule has 0 amide bonds. The Morgan fingerprint density at radius 2 is 1.92 bits per heavy atom. The topological polar surface area (TPSA) is 29.3 Å². The van der Waals surface area contributed by atoms with Crippen LogP contribution in [0.15, 0.2) is 0 Å². The van der Waals surface area contributed by atoms with Crippen LogP contribution in [0.5, 0.6) is 0 Å². The molecule has 0 aliphatic carbocycles. The maximum atomic E-state index is 12.7. The first-order valence-electron chi connectivity index (χ1n) is 4.14. The Labute approximate surface area is 72.7 Å². The second-order valence-electron chi connectivity index (χ2n) is 3.65. The highest BCUT2D eigenvalue weighted by atomic mass is 19.3. The van der Waals surface area contributed by atoms with Crippen LogP contribution >= 0.6 is 0 Å². The fraction of sp³-hybridized carbons (Fsp3) is 1.00. The van der Waals surface area contributed by atoms with E-state index in [0.717, 1.165) is 0 Å². The summed E-state index contributed by atoms with van der Waals surface area (Å²) in [6, 6.07) is 0. The Morgan fingerprint density at radius 1 is 1.42 bits per heavy atom. The molecule has 0 saturated heterocycles. The molecule has 12 heavy (non-hydrogen) atoms. The molecule has 0 atom stereocenters. The second-order valence-corrected chi connectivity index (χ2v) is 3.65. The summed E-state index contributed by atoms with van der Waals surface area (Å²) in [5.74, 6) is -2.34. The molecule has 0 aliphatic rings. The molecule has 0 unspecified atom stereocenters. The van der Waals surface area contributed by atoms with Crippen LogP contribution in [-0.4, -0.2) is 37.5 Å². The summed E-state index contributed by atoms with van der Waals surface area (Å²) in [5.41, 5.74) is 4.91. The fourth-order valence-corrected chi connectivity index (χ4v) is 1.15. The minimum atomic E-state index is -2.75. The molecule has 0 aromatic rings. The van der Waals surface area contributed by atoms with Gasteiger partial charge in [0.25, 0.3) is 5.92 Å². The van der Waals surface area contributed by atoms with Crippen LogP contribution < -0.4 is 5.73 Å². The predicted octanol–water partition coefficient (Wildman–Crippen LogP) is 1.17. The van der Waals surface area contributed by atoms with Crippen molar-refractivity contribution >= 4 is 0 Å². The van der Waals surface area contributed by atoms with Crippen molar-refractivity contribution in [3.8, 4) is 0 Å². The average molecular weight is 180 g/mol. The summed E-state index contributed by atoms with van der Waals surface area (Å²) in [4.78, 5) is 1.61. The summed E-state index contributed by atoms with van der Waals surface area (Å²) in [6.07, 6.45) is 0. The van der Waals surface area contributed by atoms with Gasteiger partial charge >= 0.3 is 0 Å². The summed E-state index contributed by atoms with van der Waals surface area (Å²) < 4.78 is 25.4. The lowest BCUT2D eigenvalue weighted by atomic mass is 10.2. The van der Waals surface area contributed by atoms with Gasteiger partial charge in [-0.25, -0.2) is 8.78 Å². The minimum absolute atomic E-state index is 0.248. The van der Waals surface area contributed by atoms with Gasteiger partial charge in [-0.1, -0.05) is 13.8 Å². The van der Waals surface area contributed by atoms with Crippen LogP contribution in [0.25, 0.3) is 0 Å². The lowest BCUT2D eigenvalue weighted by Gasteiger charge is -2.23. The molecule has 0 rings (SSSR count). The van der Waals surface area contributed by atoms with Crippen LogP contribution in [-0.2, 0) is 0 Å². The molecule has 0 spiro atoms. The second kappa shape index (κ2) is 4.72. The largest absolute Gasteiger partial charge is 0.325 e. The van der Waals surface area contributed by atoms with E-state index in [-0.39, 0.29) is 6.54 Å². The van der Waals surface area contributed by atoms with E-state index in [0.29, 0.717) is 12.5 Å². The zero-order chi connectivity index (χ0) is 9.78. The Bertz CT molecular complexity index is 126. The number of rotatable bonds is 5. The Hall–Kier alpha value is -0.220. The lowest BCUT2D eigenvalue weighted by Crippen LogP contribution is -2.41. The van der Waals surface area contributed by atoms with Crippen LogP contribution in [0.1, 0.15) is 13.8 Å². The maximum absolute atomic E-state index is 12.7. The zero-order valence-electron chi connectivity index (χ0n) is 7.98. The molecule has 0 aromatic heterocycles. The van der Waals surface area contributed by atoms with Crippen molar-refractivity contribution in [2.45, 2.75) is 19.8 Å². The highest BCUT2D eigenvalue weighted by molar-refractivity contribution is 4.71. The van der Waals surface area contributed by atoms with Gasteiger partial charge < -0.3 is 10.6 Å². The molecule has 0 radical (unpaired) electrons. The van der Waals surface area contributed by atoms with Crippen molar-refractivity contribution in [1.29, 1.82) is 0 Å². The third-order valence-corrected chi connectivity index (χ3v) is 1.48. The van der Waals surface area contributed by atoms with Gasteiger partial charge in [-0.3, -0.25) is 0 Å². The molecule has 0 saturated carbocycles. The number of nitrogens with zero attached hydrogens (tertiary/aromatic N) is 1. The van der Waals surface area contributed by atoms with Gasteiger partial charge in [0.05, 0.1) is 13.1 Å². The molecular weight excluding hydrogens is 162 g/mol. The highest BCUT2D eigenvalue weighted by Gasteiger charge is 2.28. The van der Waals surface area contributed by atoms with E-state index in [1.807, 2.05) is 13.8 Å². The van der Waals surface area contributed by atoms with Crippen molar-refractivity contribution in [1.82, 2.24) is 4.90 Å². The molecule has 0 aliphatic heterocycles. The minimum Gasteiger partial charge on any atom is -0.325 e. The summed E-state index contributed by atoms with van der Waals surface area (Å²) in [7, 11) is 1.68. The quantitative estimate of drug-likeness (QED) is 0.688. The van der Waals surface area contributed by atoms with Crippen molar-refractivity contribution in [3.63, 3.8) is 0 Å². The molecule has 74 valence electrons. The van der Waals surface area contributed by atoms with Gasteiger partial charge in [-0.05, 0) is 13.0 Å². The van der Waals surface area contributed by atoms with Crippen molar-refractivity contribution in [3.05, 3.63) is 0 Å². The van der Waals surface area contributed by atoms with Gasteiger partial charge in [-0.15, -0.1) is 0 Å². The first-order chi connectivity index (χ1) is 5.37. The Kier molecular flexibility index (Phi) is 4.63. The van der Waals surface area contributed by atoms with E-state index in [1.54, 1.807) is 11.9 Å². The lowest BCUT2D eigenvalue weighted by molar-refractivity contribution is -0.0193. The standard InChI is InChI=1S/C8H18F2N2/c1-7(2)4-12(3)6-8(9,10)5-11/h7H,4-6,11H2,1-3H3. The SMILES string of the molecule is CC(C)CN(C)CC(F)(F)CN. The van der Waals surface area contributed by atoms with E-state index in [2.05, 4.69) is 0 Å². The monoisotopic (exact) mass is 180 g/mol. The summed E-state index contributed by atoms with van der Waals surface area (Å²) in [5, 5.41) is 0. The van der Waals surface area contributed by atoms with Crippen LogP contribution in [0, 0.1) is 5.92 Å². The molecule has 4 heteroatoms. The fourth-order valence-electron chi connectivity index (χ4n) is 1.15. The van der Waals surface area contributed by atoms with E-state index in [1.165, 1.54) is 0 Å². The van der Waals surface area contributed by atoms with Crippen LogP contribution in [0.2, 0.25) is 0 Å². The van der Waals surface area contributed by atoms with Crippen LogP contribution in [0.3, 0.4) is 0 Å². The average Bonchev–Trinajstić information content (AvgIpc) is 1.84. The third-order valence-electron chi connectivity index (χ3n) is 1.48. The number of halogens is 2. The number of alkyl halides is 2. The molecule has 0 fully saturated rings. The summed E-state index contributed by atoms with van der Waals surface area (Å²) >= 11 is 0. The smallest absolute Gasteiger partial charge is 0.272 e. The van der Waals surface area contributed by atoms with Gasteiger partial charge in [-0.2, -0.15) is 0 Å². The van der Waals surface area contributed by atoms with Crippen LogP contribution in [0.4, 0.5) is 8.78 Å². The van der Waals surface area contributed by atoms with E-state index >= 15 is 0 Å². The van der Waals surface area contributed by atoms with Crippen molar-refractivity contribution < 1.29 is 8.78 Å². The van der Waals surface area contributed by atoms with Gasteiger partial charge in [0.1, 0.15) is 0 Å². The zero-order valence-corrected chi connectivity index (χ0v) is 7.98. The summed E-state index contributed by atoms with van der Waals surface area (Å²) in [6.45, 7) is 3.85. The number of nitrogens with two attached hydrogens (primary N) is 1. The van der Waals surface area contributed by atoms with Gasteiger partial charge in [0.2, 0.25) is 0 Å². The molecule has 0 bridgehead atoms. The highest BCUT2D eigenvalue weighted by Crippen LogP contribution is 2.12. The van der Waals surface area contributed by atoms with Gasteiger partial charge in [0.15, 0.2) is 0 Å². The maximum Gasteiger partial charge on any atom is 0.272 e. The molecule has 2 N–H and O–H groups in total. The first-order valence-corrected chi connectivity index (χ1v) is 4.14.